The van der Waals surface area contributed by atoms with Crippen molar-refractivity contribution in [2.24, 2.45) is 0 Å². The molecule has 0 saturated heterocycles. The third-order valence-electron chi connectivity index (χ3n) is 4.78. The first kappa shape index (κ1) is 21.4. The molecule has 2 aromatic carbocycles. The fraction of sp³-hybridized carbons (Fsp3) is 0.143. The zero-order valence-electron chi connectivity index (χ0n) is 17.0. The summed E-state index contributed by atoms with van der Waals surface area (Å²) in [7, 11) is -4.05. The van der Waals surface area contributed by atoms with E-state index in [4.69, 9.17) is 9.47 Å². The SMILES string of the molecule is CCOC(=O)Oc1c[nH]c2c(=O)[nH]c3ccc(S(=O)(=O)Nc4ccc(F)cc4C)cc3c12. The average Bonchev–Trinajstić information content (AvgIpc) is 3.14. The maximum absolute atomic E-state index is 13.4. The summed E-state index contributed by atoms with van der Waals surface area (Å²) in [5.74, 6) is -0.462. The van der Waals surface area contributed by atoms with E-state index in [1.807, 2.05) is 0 Å². The predicted octanol–water partition coefficient (Wildman–Crippen LogP) is 3.79. The number of H-pyrrole nitrogens is 2. The molecule has 0 spiro atoms. The number of carbonyl (C=O) groups is 1. The van der Waals surface area contributed by atoms with Crippen LogP contribution in [0.5, 0.6) is 5.75 Å². The highest BCUT2D eigenvalue weighted by Crippen LogP contribution is 2.32. The number of rotatable bonds is 5. The van der Waals surface area contributed by atoms with Crippen molar-refractivity contribution in [1.29, 1.82) is 0 Å². The minimum absolute atomic E-state index is 0.0198. The second-order valence-electron chi connectivity index (χ2n) is 6.91. The number of halogens is 1. The van der Waals surface area contributed by atoms with Gasteiger partial charge in [0.15, 0.2) is 5.75 Å². The van der Waals surface area contributed by atoms with Crippen LogP contribution in [0.3, 0.4) is 0 Å². The van der Waals surface area contributed by atoms with Gasteiger partial charge < -0.3 is 19.4 Å². The van der Waals surface area contributed by atoms with E-state index in [9.17, 15) is 22.4 Å². The Hall–Kier alpha value is -3.86. The van der Waals surface area contributed by atoms with Crippen LogP contribution in [-0.2, 0) is 14.8 Å². The summed E-state index contributed by atoms with van der Waals surface area (Å²) in [6.07, 6.45) is 0.358. The predicted molar refractivity (Wildman–Crippen MR) is 116 cm³/mol. The number of hydrogen-bond acceptors (Lipinski definition) is 6. The van der Waals surface area contributed by atoms with Gasteiger partial charge >= 0.3 is 6.16 Å². The van der Waals surface area contributed by atoms with Crippen molar-refractivity contribution in [3.05, 3.63) is 64.3 Å². The van der Waals surface area contributed by atoms with E-state index < -0.39 is 27.6 Å². The Bertz CT molecular complexity index is 1520. The van der Waals surface area contributed by atoms with Crippen molar-refractivity contribution < 1.29 is 27.1 Å². The molecule has 0 bridgehead atoms. The number of aromatic amines is 2. The Balaban J connectivity index is 1.84. The number of benzene rings is 2. The first-order valence-electron chi connectivity index (χ1n) is 9.50. The van der Waals surface area contributed by atoms with Crippen molar-refractivity contribution in [3.63, 3.8) is 0 Å². The standard InChI is InChI=1S/C21H18FN3O6S/c1-3-30-21(27)31-17-10-23-19-18(17)14-9-13(5-7-16(14)24-20(19)26)32(28,29)25-15-6-4-12(22)8-11(15)2/h4-10,23,25H,3H2,1-2H3,(H,24,26). The van der Waals surface area contributed by atoms with Crippen LogP contribution in [0.25, 0.3) is 21.8 Å². The number of anilines is 1. The monoisotopic (exact) mass is 459 g/mol. The number of nitrogens with one attached hydrogen (secondary N) is 3. The normalized spacial score (nSPS) is 11.6. The first-order valence-corrected chi connectivity index (χ1v) is 11.0. The Morgan fingerprint density at radius 1 is 1.19 bits per heavy atom. The van der Waals surface area contributed by atoms with E-state index in [1.165, 1.54) is 36.5 Å². The second kappa shape index (κ2) is 8.00. The highest BCUT2D eigenvalue weighted by atomic mass is 32.2. The Morgan fingerprint density at radius 2 is 1.97 bits per heavy atom. The van der Waals surface area contributed by atoms with Gasteiger partial charge in [-0.05, 0) is 55.8 Å². The molecule has 11 heteroatoms. The smallest absolute Gasteiger partial charge is 0.434 e. The lowest BCUT2D eigenvalue weighted by Gasteiger charge is -2.12. The van der Waals surface area contributed by atoms with Gasteiger partial charge in [0.1, 0.15) is 11.3 Å². The van der Waals surface area contributed by atoms with Gasteiger partial charge in [-0.1, -0.05) is 0 Å². The molecule has 0 aliphatic rings. The molecular formula is C21H18FN3O6S. The molecule has 0 aliphatic carbocycles. The van der Waals surface area contributed by atoms with E-state index >= 15 is 0 Å². The lowest BCUT2D eigenvalue weighted by molar-refractivity contribution is 0.105. The molecule has 0 unspecified atom stereocenters. The van der Waals surface area contributed by atoms with E-state index in [2.05, 4.69) is 14.7 Å². The van der Waals surface area contributed by atoms with Gasteiger partial charge in [-0.25, -0.2) is 17.6 Å². The van der Waals surface area contributed by atoms with Crippen LogP contribution in [0, 0.1) is 12.7 Å². The van der Waals surface area contributed by atoms with Crippen molar-refractivity contribution in [2.75, 3.05) is 11.3 Å². The van der Waals surface area contributed by atoms with Crippen molar-refractivity contribution >= 4 is 43.7 Å². The molecule has 0 saturated carbocycles. The number of hydrogen-bond donors (Lipinski definition) is 3. The largest absolute Gasteiger partial charge is 0.513 e. The van der Waals surface area contributed by atoms with Gasteiger partial charge in [-0.3, -0.25) is 9.52 Å². The number of ether oxygens (including phenoxy) is 2. The molecular weight excluding hydrogens is 441 g/mol. The second-order valence-corrected chi connectivity index (χ2v) is 8.60. The van der Waals surface area contributed by atoms with Crippen LogP contribution < -0.4 is 15.0 Å². The quantitative estimate of drug-likeness (QED) is 0.389. The number of carbonyl (C=O) groups excluding carboxylic acids is 1. The maximum atomic E-state index is 13.4. The molecule has 2 heterocycles. The molecule has 0 atom stereocenters. The summed E-state index contributed by atoms with van der Waals surface area (Å²) in [5, 5.41) is 0.561. The maximum Gasteiger partial charge on any atom is 0.513 e. The molecule has 166 valence electrons. The molecule has 0 aliphatic heterocycles. The number of fused-ring (bicyclic) bond motifs is 3. The van der Waals surface area contributed by atoms with Crippen LogP contribution >= 0.6 is 0 Å². The number of aromatic nitrogens is 2. The van der Waals surface area contributed by atoms with E-state index in [-0.39, 0.29) is 33.8 Å². The van der Waals surface area contributed by atoms with Crippen LogP contribution in [0.1, 0.15) is 12.5 Å². The van der Waals surface area contributed by atoms with E-state index in [0.29, 0.717) is 16.5 Å². The molecule has 4 rings (SSSR count). The minimum atomic E-state index is -4.05. The summed E-state index contributed by atoms with van der Waals surface area (Å²) >= 11 is 0. The molecule has 4 aromatic rings. The molecule has 0 radical (unpaired) electrons. The topological polar surface area (TPSA) is 130 Å². The van der Waals surface area contributed by atoms with Crippen molar-refractivity contribution in [2.45, 2.75) is 18.7 Å². The third-order valence-corrected chi connectivity index (χ3v) is 6.14. The summed E-state index contributed by atoms with van der Waals surface area (Å²) < 4.78 is 51.7. The highest BCUT2D eigenvalue weighted by Gasteiger charge is 2.20. The molecule has 0 amide bonds. The van der Waals surface area contributed by atoms with Gasteiger partial charge in [0, 0.05) is 17.1 Å². The van der Waals surface area contributed by atoms with Gasteiger partial charge in [0.25, 0.3) is 15.6 Å². The fourth-order valence-electron chi connectivity index (χ4n) is 3.31. The third kappa shape index (κ3) is 3.89. The summed E-state index contributed by atoms with van der Waals surface area (Å²) in [4.78, 5) is 29.4. The van der Waals surface area contributed by atoms with Crippen LogP contribution in [-0.4, -0.2) is 31.1 Å². The van der Waals surface area contributed by atoms with E-state index in [1.54, 1.807) is 13.8 Å². The Kier molecular flexibility index (Phi) is 5.35. The van der Waals surface area contributed by atoms with Crippen LogP contribution in [0.4, 0.5) is 14.9 Å². The lowest BCUT2D eigenvalue weighted by atomic mass is 10.1. The summed E-state index contributed by atoms with van der Waals surface area (Å²) in [5.41, 5.74) is 0.617. The molecule has 32 heavy (non-hydrogen) atoms. The molecule has 0 fully saturated rings. The lowest BCUT2D eigenvalue weighted by Crippen LogP contribution is -2.14. The zero-order chi connectivity index (χ0) is 23.0. The molecule has 2 aromatic heterocycles. The molecule has 9 nitrogen and oxygen atoms in total. The van der Waals surface area contributed by atoms with Crippen molar-refractivity contribution in [1.82, 2.24) is 9.97 Å². The molecule has 3 N–H and O–H groups in total. The van der Waals surface area contributed by atoms with Crippen LogP contribution in [0.15, 0.2) is 52.3 Å². The highest BCUT2D eigenvalue weighted by molar-refractivity contribution is 7.92. The zero-order valence-corrected chi connectivity index (χ0v) is 17.8. The number of pyridine rings is 1. The Morgan fingerprint density at radius 3 is 2.69 bits per heavy atom. The van der Waals surface area contributed by atoms with Crippen LogP contribution in [0.2, 0.25) is 0 Å². The number of sulfonamides is 1. The van der Waals surface area contributed by atoms with E-state index in [0.717, 1.165) is 6.07 Å². The minimum Gasteiger partial charge on any atom is -0.434 e. The summed E-state index contributed by atoms with van der Waals surface area (Å²) in [6, 6.07) is 7.80. The number of aryl methyl sites for hydroxylation is 1. The van der Waals surface area contributed by atoms with Gasteiger partial charge in [0.05, 0.1) is 22.6 Å². The van der Waals surface area contributed by atoms with Gasteiger partial charge in [-0.15, -0.1) is 0 Å². The summed E-state index contributed by atoms with van der Waals surface area (Å²) in [6.45, 7) is 3.29. The fourth-order valence-corrected chi connectivity index (χ4v) is 4.46. The Labute approximate surface area is 181 Å². The first-order chi connectivity index (χ1) is 15.2. The van der Waals surface area contributed by atoms with Gasteiger partial charge in [0.2, 0.25) is 0 Å². The average molecular weight is 459 g/mol. The van der Waals surface area contributed by atoms with Crippen molar-refractivity contribution in [3.8, 4) is 5.75 Å². The van der Waals surface area contributed by atoms with Gasteiger partial charge in [-0.2, -0.15) is 0 Å².